The minimum absolute atomic E-state index is 0.140. The van der Waals surface area contributed by atoms with Gasteiger partial charge < -0.3 is 10.6 Å². The molecule has 1 aromatic heterocycles. The summed E-state index contributed by atoms with van der Waals surface area (Å²) in [5, 5.41) is 10.5. The van der Waals surface area contributed by atoms with Crippen LogP contribution in [0, 0.1) is 10.1 Å². The molecule has 10 heteroatoms. The SMILES string of the molecule is CN(C)C(=O)c1cnc(N)c([N+](=O)[O-])c1.[I][V][I]. The fourth-order valence-electron chi connectivity index (χ4n) is 0.985. The molecule has 0 bridgehead atoms. The van der Waals surface area contributed by atoms with E-state index in [1.807, 2.05) is 0 Å². The van der Waals surface area contributed by atoms with Gasteiger partial charge in [0.25, 0.3) is 5.91 Å². The molecule has 2 N–H and O–H groups in total. The van der Waals surface area contributed by atoms with Crippen LogP contribution in [0.25, 0.3) is 0 Å². The summed E-state index contributed by atoms with van der Waals surface area (Å²) < 4.78 is 0. The van der Waals surface area contributed by atoms with E-state index in [0.29, 0.717) is 9.47 Å². The number of hydrogen-bond donors (Lipinski definition) is 1. The molecule has 0 saturated carbocycles. The molecule has 0 fully saturated rings. The van der Waals surface area contributed by atoms with Crippen molar-refractivity contribution in [2.45, 2.75) is 0 Å². The summed E-state index contributed by atoms with van der Waals surface area (Å²) in [6, 6.07) is 1.12. The predicted molar refractivity (Wildman–Crippen MR) is 81.4 cm³/mol. The van der Waals surface area contributed by atoms with Crippen LogP contribution in [0.15, 0.2) is 12.3 Å². The molecule has 99 valence electrons. The first-order valence-corrected chi connectivity index (χ1v) is 13.4. The Kier molecular flexibility index (Phi) is 8.81. The van der Waals surface area contributed by atoms with Crippen molar-refractivity contribution in [3.8, 4) is 0 Å². The number of carbonyl (C=O) groups is 1. The number of carbonyl (C=O) groups excluding carboxylic acids is 1. The normalized spacial score (nSPS) is 8.89. The number of nitro groups is 1. The number of nitrogens with two attached hydrogens (primary N) is 1. The van der Waals surface area contributed by atoms with Crippen molar-refractivity contribution in [3.63, 3.8) is 0 Å². The van der Waals surface area contributed by atoms with Gasteiger partial charge in [0.05, 0.1) is 10.5 Å². The first kappa shape index (κ1) is 17.9. The van der Waals surface area contributed by atoms with Crippen molar-refractivity contribution in [2.75, 3.05) is 19.8 Å². The Bertz CT molecular complexity index is 444. The van der Waals surface area contributed by atoms with Gasteiger partial charge in [-0.15, -0.1) is 0 Å². The third kappa shape index (κ3) is 5.67. The van der Waals surface area contributed by atoms with E-state index >= 15 is 0 Å². The summed E-state index contributed by atoms with van der Waals surface area (Å²) in [5.74, 6) is -0.555. The second-order valence-corrected chi connectivity index (χ2v) is 14.9. The van der Waals surface area contributed by atoms with Crippen LogP contribution in [0.2, 0.25) is 0 Å². The fraction of sp³-hybridized carbons (Fsp3) is 0.250. The molecule has 0 saturated heterocycles. The Morgan fingerprint density at radius 3 is 2.44 bits per heavy atom. The van der Waals surface area contributed by atoms with Gasteiger partial charge in [-0.2, -0.15) is 0 Å². The number of pyridine rings is 1. The van der Waals surface area contributed by atoms with E-state index in [2.05, 4.69) is 44.9 Å². The van der Waals surface area contributed by atoms with Crippen molar-refractivity contribution in [1.29, 1.82) is 0 Å². The first-order chi connectivity index (χ1) is 8.34. The summed E-state index contributed by atoms with van der Waals surface area (Å²) in [6.07, 6.45) is 1.21. The summed E-state index contributed by atoms with van der Waals surface area (Å²) in [4.78, 5) is 26.2. The molecule has 0 aliphatic heterocycles. The van der Waals surface area contributed by atoms with Gasteiger partial charge in [-0.3, -0.25) is 14.9 Å². The third-order valence-corrected chi connectivity index (χ3v) is 1.75. The van der Waals surface area contributed by atoms with Crippen molar-refractivity contribution >= 4 is 57.4 Å². The Hall–Kier alpha value is -0.136. The number of nitrogen functional groups attached to an aromatic ring is 1. The molecular weight excluding hydrogens is 505 g/mol. The van der Waals surface area contributed by atoms with Gasteiger partial charge in [0.1, 0.15) is 0 Å². The van der Waals surface area contributed by atoms with Crippen LogP contribution in [-0.2, 0) is 9.47 Å². The van der Waals surface area contributed by atoms with E-state index in [9.17, 15) is 14.9 Å². The van der Waals surface area contributed by atoms with Crippen LogP contribution in [-0.4, -0.2) is 34.8 Å². The van der Waals surface area contributed by atoms with Gasteiger partial charge in [0.15, 0.2) is 0 Å². The van der Waals surface area contributed by atoms with Crippen molar-refractivity contribution in [1.82, 2.24) is 9.88 Å². The zero-order valence-electron chi connectivity index (χ0n) is 9.50. The van der Waals surface area contributed by atoms with Crippen molar-refractivity contribution in [2.24, 2.45) is 0 Å². The Balaban J connectivity index is 0.000000873. The molecule has 0 aliphatic carbocycles. The monoisotopic (exact) mass is 515 g/mol. The standard InChI is InChI=1S/C8H10N4O3.2HI.V/c1-11(2)8(13)5-3-6(12(14)15)7(9)10-4-5;;;/h3-4H,1-2H3,(H2,9,10);2*1H;/q;;;+2/p-2. The third-order valence-electron chi connectivity index (χ3n) is 1.75. The average Bonchev–Trinajstić information content (AvgIpc) is 2.29. The number of rotatable bonds is 2. The van der Waals surface area contributed by atoms with Gasteiger partial charge in [-0.1, -0.05) is 0 Å². The number of nitrogens with zero attached hydrogens (tertiary/aromatic N) is 3. The number of amides is 1. The molecule has 7 nitrogen and oxygen atoms in total. The zero-order valence-corrected chi connectivity index (χ0v) is 15.2. The molecule has 0 aromatic carbocycles. The molecule has 0 radical (unpaired) electrons. The molecule has 0 aliphatic rings. The summed E-state index contributed by atoms with van der Waals surface area (Å²) in [6.45, 7) is 0. The number of hydrogen-bond acceptors (Lipinski definition) is 5. The molecule has 0 spiro atoms. The van der Waals surface area contributed by atoms with Crippen LogP contribution in [0.1, 0.15) is 10.4 Å². The van der Waals surface area contributed by atoms with Gasteiger partial charge in [0.2, 0.25) is 5.82 Å². The maximum atomic E-state index is 11.5. The van der Waals surface area contributed by atoms with Crippen LogP contribution in [0.5, 0.6) is 0 Å². The molecule has 1 amide bonds. The van der Waals surface area contributed by atoms with Gasteiger partial charge in [-0.25, -0.2) is 4.98 Å². The van der Waals surface area contributed by atoms with Crippen LogP contribution >= 0.6 is 40.0 Å². The number of halogens is 2. The molecule has 18 heavy (non-hydrogen) atoms. The zero-order chi connectivity index (χ0) is 14.3. The van der Waals surface area contributed by atoms with E-state index in [1.165, 1.54) is 11.1 Å². The van der Waals surface area contributed by atoms with Crippen LogP contribution < -0.4 is 5.73 Å². The fourth-order valence-corrected chi connectivity index (χ4v) is 0.985. The summed E-state index contributed by atoms with van der Waals surface area (Å²) in [5.41, 5.74) is 5.07. The van der Waals surface area contributed by atoms with E-state index in [4.69, 9.17) is 5.73 Å². The summed E-state index contributed by atoms with van der Waals surface area (Å²) in [7, 11) is 3.72. The predicted octanol–water partition coefficient (Wildman–Crippen LogP) is 2.04. The minimum atomic E-state index is -0.672. The molecule has 1 heterocycles. The van der Waals surface area contributed by atoms with E-state index in [1.54, 1.807) is 14.1 Å². The maximum absolute atomic E-state index is 11.5. The molecular formula is C8H10I2N4O3V. The number of anilines is 1. The van der Waals surface area contributed by atoms with E-state index < -0.39 is 4.92 Å². The van der Waals surface area contributed by atoms with E-state index in [0.717, 1.165) is 6.07 Å². The second kappa shape index (κ2) is 8.88. The first-order valence-electron chi connectivity index (χ1n) is 4.39. The molecule has 1 rings (SSSR count). The van der Waals surface area contributed by atoms with Crippen LogP contribution in [0.3, 0.4) is 0 Å². The van der Waals surface area contributed by atoms with Gasteiger partial charge in [0, 0.05) is 26.4 Å². The molecule has 0 unspecified atom stereocenters. The van der Waals surface area contributed by atoms with Gasteiger partial charge >= 0.3 is 55.1 Å². The number of aromatic nitrogens is 1. The van der Waals surface area contributed by atoms with Gasteiger partial charge in [-0.05, 0) is 0 Å². The van der Waals surface area contributed by atoms with Crippen molar-refractivity contribution < 1.29 is 19.2 Å². The topological polar surface area (TPSA) is 102 Å². The van der Waals surface area contributed by atoms with E-state index in [-0.39, 0.29) is 23.0 Å². The quantitative estimate of drug-likeness (QED) is 0.370. The molecule has 0 atom stereocenters. The summed E-state index contributed by atoms with van der Waals surface area (Å²) >= 11 is 4.74. The Morgan fingerprint density at radius 2 is 2.06 bits per heavy atom. The molecule has 1 aromatic rings. The average molecular weight is 515 g/mol. The van der Waals surface area contributed by atoms with Crippen LogP contribution in [0.4, 0.5) is 11.5 Å². The van der Waals surface area contributed by atoms with Crippen molar-refractivity contribution in [3.05, 3.63) is 27.9 Å². The Morgan fingerprint density at radius 1 is 1.56 bits per heavy atom. The Labute approximate surface area is 133 Å². The second-order valence-electron chi connectivity index (χ2n) is 3.15.